The maximum Gasteiger partial charge on any atom is 0.137 e. The van der Waals surface area contributed by atoms with Gasteiger partial charge in [0.2, 0.25) is 0 Å². The van der Waals surface area contributed by atoms with Crippen LogP contribution >= 0.6 is 0 Å². The van der Waals surface area contributed by atoms with Crippen molar-refractivity contribution < 1.29 is 9.47 Å². The zero-order valence-corrected chi connectivity index (χ0v) is 27.1. The average molecular weight is 597 g/mol. The zero-order valence-electron chi connectivity index (χ0n) is 27.1. The van der Waals surface area contributed by atoms with Crippen molar-refractivity contribution in [3.05, 3.63) is 119 Å². The first kappa shape index (κ1) is 29.1. The van der Waals surface area contributed by atoms with E-state index in [9.17, 15) is 0 Å². The van der Waals surface area contributed by atoms with Crippen LogP contribution in [0.2, 0.25) is 0 Å². The molecule has 1 unspecified atom stereocenters. The fourth-order valence-electron chi connectivity index (χ4n) is 7.40. The number of ether oxygens (including phenoxy) is 2. The minimum Gasteiger partial charge on any atom is -0.457 e. The van der Waals surface area contributed by atoms with E-state index in [1.807, 2.05) is 12.3 Å². The minimum absolute atomic E-state index is 0.178. The van der Waals surface area contributed by atoms with Gasteiger partial charge in [0.25, 0.3) is 0 Å². The summed E-state index contributed by atoms with van der Waals surface area (Å²) in [6.07, 6.45) is 5.34. The highest BCUT2D eigenvalue weighted by atomic mass is 16.5. The second-order valence-corrected chi connectivity index (χ2v) is 12.7. The molecule has 0 spiro atoms. The van der Waals surface area contributed by atoms with Crippen molar-refractivity contribution in [1.29, 1.82) is 0 Å². The van der Waals surface area contributed by atoms with Crippen LogP contribution in [0.5, 0.6) is 11.5 Å². The van der Waals surface area contributed by atoms with Crippen molar-refractivity contribution in [2.45, 2.75) is 60.0 Å². The van der Waals surface area contributed by atoms with Gasteiger partial charge in [0.15, 0.2) is 0 Å². The van der Waals surface area contributed by atoms with Gasteiger partial charge in [-0.2, -0.15) is 5.10 Å². The Bertz CT molecular complexity index is 2100. The normalized spacial score (nSPS) is 18.5. The molecule has 0 radical (unpaired) electrons. The van der Waals surface area contributed by atoms with E-state index in [4.69, 9.17) is 19.6 Å². The molecule has 3 aromatic heterocycles. The number of hydrogen-bond acceptors (Lipinski definition) is 4. The van der Waals surface area contributed by atoms with Gasteiger partial charge in [-0.05, 0) is 101 Å². The molecule has 0 saturated heterocycles. The van der Waals surface area contributed by atoms with E-state index in [1.54, 1.807) is 7.11 Å². The molecular formula is C39H40N4O2. The Morgan fingerprint density at radius 3 is 2.38 bits per heavy atom. The van der Waals surface area contributed by atoms with E-state index in [2.05, 4.69) is 124 Å². The molecule has 7 rings (SSSR count). The lowest BCUT2D eigenvalue weighted by molar-refractivity contribution is 0.108. The number of fused-ring (bicyclic) bond motifs is 3. The number of pyridine rings is 1. The number of nitrogens with zero attached hydrogens (tertiary/aromatic N) is 4. The van der Waals surface area contributed by atoms with Crippen LogP contribution in [0.3, 0.4) is 0 Å². The highest BCUT2D eigenvalue weighted by molar-refractivity contribution is 6.09. The summed E-state index contributed by atoms with van der Waals surface area (Å²) in [5.41, 5.74) is 10.4. The standard InChI is InChI=1S/C39H40N4O2/c1-23-14-15-40-37(18-23)42-35-11-9-8-10-33(35)34-13-12-30(22-36(34)42)45-32-17-24(2)16-29(21-32)43-28(6)39(27(5)41-43)38-25(3)19-31(44-7)20-26(38)4/h8-19,21-22,26,31,38H,20H2,1-7H3/t26-,31-,38?/m0/s1. The Kier molecular flexibility index (Phi) is 7.33. The molecule has 228 valence electrons. The molecule has 6 nitrogen and oxygen atoms in total. The van der Waals surface area contributed by atoms with Crippen molar-refractivity contribution in [2.75, 3.05) is 7.11 Å². The molecule has 0 bridgehead atoms. The molecule has 6 heteroatoms. The Balaban J connectivity index is 1.27. The molecule has 3 heterocycles. The van der Waals surface area contributed by atoms with Gasteiger partial charge in [0, 0.05) is 53.4 Å². The van der Waals surface area contributed by atoms with Gasteiger partial charge in [-0.1, -0.05) is 36.8 Å². The Hall–Kier alpha value is -4.68. The molecule has 0 aliphatic heterocycles. The first-order valence-electron chi connectivity index (χ1n) is 15.7. The molecule has 1 aliphatic carbocycles. The third-order valence-corrected chi connectivity index (χ3v) is 9.36. The van der Waals surface area contributed by atoms with Crippen LogP contribution in [0.4, 0.5) is 0 Å². The SMILES string of the molecule is CO[C@H]1C=C(C)C(c2c(C)nn(-c3cc(C)cc(Oc4ccc5c6ccccc6n(-c6cc(C)ccn6)c5c4)c3)c2C)[C@@H](C)C1. The topological polar surface area (TPSA) is 54.1 Å². The third kappa shape index (κ3) is 5.13. The number of hydrogen-bond donors (Lipinski definition) is 0. The quantitative estimate of drug-likeness (QED) is 0.180. The minimum atomic E-state index is 0.178. The second-order valence-electron chi connectivity index (χ2n) is 12.7. The van der Waals surface area contributed by atoms with Crippen LogP contribution < -0.4 is 4.74 Å². The molecule has 0 fully saturated rings. The van der Waals surface area contributed by atoms with Crippen molar-refractivity contribution >= 4 is 21.8 Å². The van der Waals surface area contributed by atoms with E-state index >= 15 is 0 Å². The van der Waals surface area contributed by atoms with E-state index < -0.39 is 0 Å². The van der Waals surface area contributed by atoms with Crippen LogP contribution in [0.1, 0.15) is 54.3 Å². The maximum atomic E-state index is 6.59. The van der Waals surface area contributed by atoms with Gasteiger partial charge >= 0.3 is 0 Å². The first-order chi connectivity index (χ1) is 21.7. The molecule has 1 aliphatic rings. The molecule has 6 aromatic rings. The van der Waals surface area contributed by atoms with E-state index in [0.717, 1.165) is 51.7 Å². The van der Waals surface area contributed by atoms with Crippen molar-refractivity contribution in [3.8, 4) is 23.0 Å². The number of para-hydroxylation sites is 1. The van der Waals surface area contributed by atoms with Crippen LogP contribution in [0, 0.1) is 33.6 Å². The highest BCUT2D eigenvalue weighted by Crippen LogP contribution is 2.42. The molecular weight excluding hydrogens is 556 g/mol. The predicted molar refractivity (Wildman–Crippen MR) is 182 cm³/mol. The van der Waals surface area contributed by atoms with Crippen LogP contribution in [0.15, 0.2) is 90.6 Å². The third-order valence-electron chi connectivity index (χ3n) is 9.36. The summed E-state index contributed by atoms with van der Waals surface area (Å²) < 4.78 is 16.6. The molecule has 0 saturated carbocycles. The number of benzene rings is 3. The molecule has 0 amide bonds. The second kappa shape index (κ2) is 11.4. The fraction of sp³-hybridized carbons (Fsp3) is 0.282. The average Bonchev–Trinajstić information content (AvgIpc) is 3.49. The molecule has 0 N–H and O–H groups in total. The molecule has 45 heavy (non-hydrogen) atoms. The summed E-state index contributed by atoms with van der Waals surface area (Å²) in [5, 5.41) is 7.42. The monoisotopic (exact) mass is 596 g/mol. The summed E-state index contributed by atoms with van der Waals surface area (Å²) in [6, 6.07) is 25.3. The Morgan fingerprint density at radius 1 is 0.800 bits per heavy atom. The summed E-state index contributed by atoms with van der Waals surface area (Å²) in [7, 11) is 1.80. The molecule has 3 atom stereocenters. The number of rotatable bonds is 6. The van der Waals surface area contributed by atoms with Crippen molar-refractivity contribution in [1.82, 2.24) is 19.3 Å². The van der Waals surface area contributed by atoms with Crippen LogP contribution in [-0.4, -0.2) is 32.5 Å². The summed E-state index contributed by atoms with van der Waals surface area (Å²) in [6.45, 7) is 13.1. The lowest BCUT2D eigenvalue weighted by Gasteiger charge is -2.33. The fourth-order valence-corrected chi connectivity index (χ4v) is 7.40. The maximum absolute atomic E-state index is 6.59. The summed E-state index contributed by atoms with van der Waals surface area (Å²) in [4.78, 5) is 4.72. The lowest BCUT2D eigenvalue weighted by Crippen LogP contribution is -2.25. The van der Waals surface area contributed by atoms with E-state index in [-0.39, 0.29) is 6.10 Å². The van der Waals surface area contributed by atoms with Crippen LogP contribution in [-0.2, 0) is 4.74 Å². The zero-order chi connectivity index (χ0) is 31.4. The smallest absolute Gasteiger partial charge is 0.137 e. The summed E-state index contributed by atoms with van der Waals surface area (Å²) in [5.74, 6) is 3.24. The predicted octanol–water partition coefficient (Wildman–Crippen LogP) is 9.48. The van der Waals surface area contributed by atoms with Gasteiger partial charge in [0.05, 0.1) is 28.5 Å². The van der Waals surface area contributed by atoms with Gasteiger partial charge in [0.1, 0.15) is 17.3 Å². The number of methoxy groups -OCH3 is 1. The van der Waals surface area contributed by atoms with Crippen molar-refractivity contribution in [2.24, 2.45) is 5.92 Å². The van der Waals surface area contributed by atoms with Gasteiger partial charge < -0.3 is 9.47 Å². The Morgan fingerprint density at radius 2 is 1.60 bits per heavy atom. The highest BCUT2D eigenvalue weighted by Gasteiger charge is 2.32. The number of aromatic nitrogens is 4. The summed E-state index contributed by atoms with van der Waals surface area (Å²) >= 11 is 0. The van der Waals surface area contributed by atoms with E-state index in [1.165, 1.54) is 33.2 Å². The largest absolute Gasteiger partial charge is 0.457 e. The van der Waals surface area contributed by atoms with Gasteiger partial charge in [-0.3, -0.25) is 4.57 Å². The number of allylic oxidation sites excluding steroid dienone is 1. The van der Waals surface area contributed by atoms with E-state index in [0.29, 0.717) is 11.8 Å². The lowest BCUT2D eigenvalue weighted by atomic mass is 9.74. The molecule has 3 aromatic carbocycles. The number of aryl methyl sites for hydroxylation is 3. The Labute approximate surface area is 264 Å². The first-order valence-corrected chi connectivity index (χ1v) is 15.7. The van der Waals surface area contributed by atoms with Crippen molar-refractivity contribution in [3.63, 3.8) is 0 Å². The van der Waals surface area contributed by atoms with Crippen LogP contribution in [0.25, 0.3) is 33.3 Å². The van der Waals surface area contributed by atoms with Gasteiger partial charge in [-0.25, -0.2) is 9.67 Å². The van der Waals surface area contributed by atoms with Gasteiger partial charge in [-0.15, -0.1) is 0 Å².